The predicted molar refractivity (Wildman–Crippen MR) is 368 cm³/mol. The summed E-state index contributed by atoms with van der Waals surface area (Å²) < 4.78 is 0. The number of nitrogens with one attached hydrogen (secondary N) is 2. The van der Waals surface area contributed by atoms with Crippen LogP contribution in [0.1, 0.15) is 33.4 Å². The Labute approximate surface area is 535 Å². The van der Waals surface area contributed by atoms with E-state index in [9.17, 15) is 0 Å². The largest absolute Gasteiger partial charge is 0.324 e. The second kappa shape index (κ2) is 23.6. The van der Waals surface area contributed by atoms with Crippen molar-refractivity contribution in [2.45, 2.75) is 100 Å². The minimum Gasteiger partial charge on any atom is -0.324 e. The summed E-state index contributed by atoms with van der Waals surface area (Å²) in [6, 6.07) is 73.9. The SMILES string of the molecule is Cc1ccc(Sc2ccc(Sc3ccc(C)cc3)c3c2-c2nc-3nc3[nH]c(nc4nc(nc5[nH]c(n2)c2c(Sc6ccc(C)cc6)ccc(Sc6ccc(C)cc6)c52)-c2ccccc2-4)c2c(Sc4ccc(C)cc4)ccc(Sc4ccc(C)cc4)c32)cc1. The first-order chi connectivity index (χ1) is 43.0. The van der Waals surface area contributed by atoms with E-state index in [0.29, 0.717) is 45.9 Å². The highest BCUT2D eigenvalue weighted by Gasteiger charge is 2.30. The van der Waals surface area contributed by atoms with Gasteiger partial charge in [0.2, 0.25) is 0 Å². The number of aromatic amines is 2. The van der Waals surface area contributed by atoms with Crippen molar-refractivity contribution in [1.82, 2.24) is 39.9 Å². The molecule has 426 valence electrons. The predicted octanol–water partition coefficient (Wildman–Crippen LogP) is 21.6. The smallest absolute Gasteiger partial charge is 0.165 e. The molecule has 8 nitrogen and oxygen atoms in total. The Balaban J connectivity index is 1.11. The number of H-pyrrole nitrogens is 2. The van der Waals surface area contributed by atoms with Gasteiger partial charge in [0.15, 0.2) is 23.3 Å². The van der Waals surface area contributed by atoms with Crippen molar-refractivity contribution < 1.29 is 0 Å². The van der Waals surface area contributed by atoms with E-state index in [1.165, 1.54) is 33.4 Å². The maximum absolute atomic E-state index is 5.86. The van der Waals surface area contributed by atoms with E-state index in [0.717, 1.165) is 103 Å². The minimum absolute atomic E-state index is 0.532. The van der Waals surface area contributed by atoms with Crippen molar-refractivity contribution in [2.24, 2.45) is 0 Å². The molecule has 15 rings (SSSR count). The van der Waals surface area contributed by atoms with Gasteiger partial charge in [-0.1, -0.05) is 201 Å². The van der Waals surface area contributed by atoms with Crippen molar-refractivity contribution in [3.63, 3.8) is 0 Å². The molecule has 2 aliphatic rings. The van der Waals surface area contributed by atoms with E-state index in [1.54, 1.807) is 70.6 Å². The molecule has 0 spiro atoms. The summed E-state index contributed by atoms with van der Waals surface area (Å²) in [7, 11) is 0. The second-order valence-electron chi connectivity index (χ2n) is 22.1. The number of hydrogen-bond donors (Lipinski definition) is 2. The molecule has 2 N–H and O–H groups in total. The maximum atomic E-state index is 5.86. The van der Waals surface area contributed by atoms with Gasteiger partial charge in [-0.25, -0.2) is 29.9 Å². The number of fused-ring (bicyclic) bond motifs is 20. The van der Waals surface area contributed by atoms with Gasteiger partial charge >= 0.3 is 0 Å². The van der Waals surface area contributed by atoms with Gasteiger partial charge in [0.05, 0.1) is 0 Å². The number of hydrogen-bond acceptors (Lipinski definition) is 12. The third kappa shape index (κ3) is 11.2. The normalized spacial score (nSPS) is 11.8. The Morgan fingerprint density at radius 3 is 0.705 bits per heavy atom. The molecule has 10 aromatic carbocycles. The Morgan fingerprint density at radius 1 is 0.227 bits per heavy atom. The molecule has 14 heteroatoms. The summed E-state index contributed by atoms with van der Waals surface area (Å²) in [6.07, 6.45) is 0. The van der Waals surface area contributed by atoms with E-state index in [2.05, 4.69) is 246 Å². The number of aryl methyl sites for hydroxylation is 6. The molecule has 0 saturated heterocycles. The number of nitrogens with zero attached hydrogens (tertiary/aromatic N) is 6. The van der Waals surface area contributed by atoms with Crippen LogP contribution in [0, 0.1) is 41.5 Å². The van der Waals surface area contributed by atoms with Crippen molar-refractivity contribution >= 4 is 115 Å². The molecule has 0 saturated carbocycles. The number of aromatic nitrogens is 8. The first kappa shape index (κ1) is 56.2. The van der Waals surface area contributed by atoms with Gasteiger partial charge in [-0.05, 0) is 151 Å². The third-order valence-corrected chi connectivity index (χ3v) is 21.9. The highest BCUT2D eigenvalue weighted by molar-refractivity contribution is 8.01. The Morgan fingerprint density at radius 2 is 0.443 bits per heavy atom. The molecule has 0 radical (unpaired) electrons. The van der Waals surface area contributed by atoms with Gasteiger partial charge in [-0.15, -0.1) is 0 Å². The van der Waals surface area contributed by atoms with Crippen LogP contribution in [-0.2, 0) is 0 Å². The molecule has 88 heavy (non-hydrogen) atoms. The van der Waals surface area contributed by atoms with Crippen LogP contribution in [0.15, 0.2) is 265 Å². The summed E-state index contributed by atoms with van der Waals surface area (Å²) in [5, 5.41) is 3.71. The molecule has 5 heterocycles. The summed E-state index contributed by atoms with van der Waals surface area (Å²) in [4.78, 5) is 54.7. The van der Waals surface area contributed by atoms with Crippen molar-refractivity contribution in [1.29, 1.82) is 0 Å². The van der Waals surface area contributed by atoms with Gasteiger partial charge in [-0.2, -0.15) is 0 Å². The zero-order valence-electron chi connectivity index (χ0n) is 48.8. The van der Waals surface area contributed by atoms with Crippen LogP contribution in [0.4, 0.5) is 0 Å². The molecular formula is C74H54N8S6. The zero-order chi connectivity index (χ0) is 59.6. The lowest BCUT2D eigenvalue weighted by Crippen LogP contribution is -1.90. The van der Waals surface area contributed by atoms with Crippen LogP contribution in [0.25, 0.3) is 89.7 Å². The van der Waals surface area contributed by atoms with Crippen LogP contribution in [-0.4, -0.2) is 39.9 Å². The highest BCUT2D eigenvalue weighted by atomic mass is 32.2. The summed E-state index contributed by atoms with van der Waals surface area (Å²) in [5.41, 5.74) is 13.2. The van der Waals surface area contributed by atoms with E-state index in [-0.39, 0.29) is 0 Å². The van der Waals surface area contributed by atoms with Gasteiger partial charge in [-0.3, -0.25) is 0 Å². The average Bonchev–Trinajstić information content (AvgIpc) is 1.63. The van der Waals surface area contributed by atoms with Crippen LogP contribution in [0.2, 0.25) is 0 Å². The lowest BCUT2D eigenvalue weighted by molar-refractivity contribution is 1.19. The monoisotopic (exact) mass is 1250 g/mol. The lowest BCUT2D eigenvalue weighted by atomic mass is 10.1. The average molecular weight is 1250 g/mol. The highest BCUT2D eigenvalue weighted by Crippen LogP contribution is 2.51. The first-order valence-electron chi connectivity index (χ1n) is 28.9. The molecule has 3 aromatic heterocycles. The fourth-order valence-electron chi connectivity index (χ4n) is 10.9. The minimum atomic E-state index is 0.532. The molecular weight excluding hydrogens is 1190 g/mol. The standard InChI is InChI=1S/C74H54N8S6/c1-41-11-23-47(24-12-41)83-55-35-37-57(85-49-27-15-43(3)16-28-49)63-61(55)69-76-67-53-9-7-8-10-54(53)68(75-67)77-70-62-56(84-48-25-13-42(2)14-26-48)36-38-58(86-50-29-17-44(4)18-30-50)64(62)72(79-70)81-74-66-60(88-52-33-21-46(6)22-34-52)40-39-59(87-51-31-19-45(5)20-32-51)65(66)73(82-74)80-71(63)78-69/h7-40H,1-6H3,(H2,75,76,77,78,79,80,81,82). The molecule has 0 atom stereocenters. The van der Waals surface area contributed by atoms with Crippen molar-refractivity contribution in [2.75, 3.05) is 0 Å². The Hall–Kier alpha value is -8.34. The van der Waals surface area contributed by atoms with Gasteiger partial charge in [0, 0.05) is 103 Å². The van der Waals surface area contributed by atoms with Gasteiger partial charge in [0.25, 0.3) is 0 Å². The number of benzene rings is 10. The lowest BCUT2D eigenvalue weighted by Gasteiger charge is -2.13. The van der Waals surface area contributed by atoms with Gasteiger partial charge in [0.1, 0.15) is 22.6 Å². The summed E-state index contributed by atoms with van der Waals surface area (Å²) in [5.74, 6) is 2.14. The summed E-state index contributed by atoms with van der Waals surface area (Å²) >= 11 is 10.3. The molecule has 13 aromatic rings. The second-order valence-corrected chi connectivity index (χ2v) is 28.8. The molecule has 8 bridgehead atoms. The first-order valence-corrected chi connectivity index (χ1v) is 33.8. The van der Waals surface area contributed by atoms with Crippen molar-refractivity contribution in [3.8, 4) is 45.6 Å². The molecule has 0 amide bonds. The molecule has 2 aliphatic heterocycles. The number of rotatable bonds is 12. The quantitative estimate of drug-likeness (QED) is 0.122. The third-order valence-electron chi connectivity index (χ3n) is 15.5. The van der Waals surface area contributed by atoms with Crippen LogP contribution < -0.4 is 0 Å². The molecule has 0 fully saturated rings. The van der Waals surface area contributed by atoms with Gasteiger partial charge < -0.3 is 9.97 Å². The molecule has 0 aliphatic carbocycles. The van der Waals surface area contributed by atoms with E-state index < -0.39 is 0 Å². The van der Waals surface area contributed by atoms with E-state index >= 15 is 0 Å². The summed E-state index contributed by atoms with van der Waals surface area (Å²) in [6.45, 7) is 12.7. The van der Waals surface area contributed by atoms with E-state index in [1.807, 2.05) is 12.1 Å². The van der Waals surface area contributed by atoms with E-state index in [4.69, 9.17) is 29.9 Å². The Kier molecular flexibility index (Phi) is 15.1. The fourth-order valence-corrected chi connectivity index (χ4v) is 16.6. The fraction of sp³-hybridized carbons (Fsp3) is 0.0811. The molecule has 0 unspecified atom stereocenters. The van der Waals surface area contributed by atoms with Crippen molar-refractivity contribution in [3.05, 3.63) is 240 Å². The van der Waals surface area contributed by atoms with Crippen LogP contribution in [0.3, 0.4) is 0 Å². The van der Waals surface area contributed by atoms with Crippen LogP contribution in [0.5, 0.6) is 0 Å². The zero-order valence-corrected chi connectivity index (χ0v) is 53.7. The van der Waals surface area contributed by atoms with Crippen LogP contribution >= 0.6 is 70.6 Å². The maximum Gasteiger partial charge on any atom is 0.165 e. The Bertz CT molecular complexity index is 4750. The topological polar surface area (TPSA) is 109 Å².